The van der Waals surface area contributed by atoms with Gasteiger partial charge in [-0.3, -0.25) is 4.79 Å². The molecule has 1 aliphatic heterocycles. The van der Waals surface area contributed by atoms with Gasteiger partial charge in [-0.25, -0.2) is 8.42 Å². The summed E-state index contributed by atoms with van der Waals surface area (Å²) in [6.45, 7) is 0. The van der Waals surface area contributed by atoms with E-state index in [0.717, 1.165) is 10.5 Å². The lowest BCUT2D eigenvalue weighted by atomic mass is 10.0. The summed E-state index contributed by atoms with van der Waals surface area (Å²) in [6, 6.07) is 16.6. The molecule has 0 saturated carbocycles. The molecule has 6 nitrogen and oxygen atoms in total. The summed E-state index contributed by atoms with van der Waals surface area (Å²) in [5.41, 5.74) is 1.86. The van der Waals surface area contributed by atoms with Crippen molar-refractivity contribution in [2.45, 2.75) is 20.8 Å². The number of hydrogen-bond acceptors (Lipinski definition) is 7. The third kappa shape index (κ3) is 2.85. The number of carbonyl (C=O) groups excluding carboxylic acids is 1. The molecular weight excluding hydrogens is 384 g/mol. The lowest BCUT2D eigenvalue weighted by Crippen LogP contribution is -2.29. The van der Waals surface area contributed by atoms with Crippen molar-refractivity contribution >= 4 is 27.4 Å². The minimum Gasteiger partial charge on any atom is -0.352 e. The van der Waals surface area contributed by atoms with Crippen LogP contribution in [0.3, 0.4) is 0 Å². The molecule has 1 aliphatic rings. The average molecular weight is 396 g/mol. The summed E-state index contributed by atoms with van der Waals surface area (Å²) in [4.78, 5) is 13.8. The summed E-state index contributed by atoms with van der Waals surface area (Å²) in [6.07, 6.45) is 0. The number of aromatic nitrogens is 1. The number of benzene rings is 2. The summed E-state index contributed by atoms with van der Waals surface area (Å²) in [5.74, 6) is -0.645. The minimum absolute atomic E-state index is 0.0852. The highest BCUT2D eigenvalue weighted by Gasteiger charge is 2.39. The molecule has 0 bridgehead atoms. The Morgan fingerprint density at radius 1 is 1.15 bits per heavy atom. The summed E-state index contributed by atoms with van der Waals surface area (Å²) in [7, 11) is -4.17. The Balaban J connectivity index is 1.76. The molecule has 27 heavy (non-hydrogen) atoms. The summed E-state index contributed by atoms with van der Waals surface area (Å²) < 4.78 is 30.7. The first-order valence-corrected chi connectivity index (χ1v) is 10.5. The van der Waals surface area contributed by atoms with Crippen molar-refractivity contribution in [2.75, 3.05) is 0 Å². The van der Waals surface area contributed by atoms with Crippen LogP contribution < -0.4 is 0 Å². The van der Waals surface area contributed by atoms with Crippen molar-refractivity contribution in [1.82, 2.24) is 5.16 Å². The first-order chi connectivity index (χ1) is 13.0. The maximum Gasteiger partial charge on any atom is 0.234 e. The number of ketones is 1. The first-order valence-electron chi connectivity index (χ1n) is 7.97. The predicted octanol–water partition coefficient (Wildman–Crippen LogP) is 3.50. The third-order valence-electron chi connectivity index (χ3n) is 4.26. The zero-order valence-electron chi connectivity index (χ0n) is 13.8. The molecule has 1 unspecified atom stereocenters. The molecule has 8 heteroatoms. The maximum atomic E-state index is 12.9. The Morgan fingerprint density at radius 2 is 1.85 bits per heavy atom. The smallest absolute Gasteiger partial charge is 0.234 e. The number of hydrogen-bond donors (Lipinski definition) is 0. The van der Waals surface area contributed by atoms with Crippen molar-refractivity contribution in [3.05, 3.63) is 65.9 Å². The van der Waals surface area contributed by atoms with E-state index in [9.17, 15) is 18.5 Å². The number of sulfone groups is 1. The summed E-state index contributed by atoms with van der Waals surface area (Å²) >= 11 is 1.51. The molecular formula is C19H12N2O4S2. The minimum atomic E-state index is -4.17. The largest absolute Gasteiger partial charge is 0.352 e. The first kappa shape index (κ1) is 17.5. The Kier molecular flexibility index (Phi) is 4.34. The van der Waals surface area contributed by atoms with Gasteiger partial charge in [0.15, 0.2) is 0 Å². The quantitative estimate of drug-likeness (QED) is 0.622. The zero-order valence-corrected chi connectivity index (χ0v) is 15.5. The van der Waals surface area contributed by atoms with E-state index in [0.29, 0.717) is 17.0 Å². The number of carbonyl (C=O) groups is 1. The molecule has 1 aromatic heterocycles. The molecule has 0 amide bonds. The number of nitrogens with zero attached hydrogens (tertiary/aromatic N) is 2. The van der Waals surface area contributed by atoms with Gasteiger partial charge in [-0.05, 0) is 18.2 Å². The Morgan fingerprint density at radius 3 is 2.59 bits per heavy atom. The normalized spacial score (nSPS) is 13.9. The number of Topliss-reactive ketones (excluding diaryl/α,β-unsaturated/α-hetero) is 1. The van der Waals surface area contributed by atoms with Crippen molar-refractivity contribution in [3.8, 4) is 17.3 Å². The monoisotopic (exact) mass is 396 g/mol. The molecule has 0 saturated heterocycles. The number of rotatable bonds is 4. The fourth-order valence-corrected chi connectivity index (χ4v) is 5.32. The molecule has 0 aliphatic carbocycles. The summed E-state index contributed by atoms with van der Waals surface area (Å²) in [5, 5.41) is 11.5. The molecule has 3 aromatic rings. The highest BCUT2D eigenvalue weighted by atomic mass is 32.2. The van der Waals surface area contributed by atoms with E-state index < -0.39 is 20.9 Å². The van der Waals surface area contributed by atoms with Crippen molar-refractivity contribution < 1.29 is 17.7 Å². The van der Waals surface area contributed by atoms with Gasteiger partial charge < -0.3 is 4.52 Å². The van der Waals surface area contributed by atoms with Crippen LogP contribution in [-0.2, 0) is 15.6 Å². The van der Waals surface area contributed by atoms with Gasteiger partial charge in [0.2, 0.25) is 26.6 Å². The van der Waals surface area contributed by atoms with Crippen molar-refractivity contribution in [3.63, 3.8) is 0 Å². The Hall–Kier alpha value is -2.89. The van der Waals surface area contributed by atoms with E-state index in [2.05, 4.69) is 5.16 Å². The van der Waals surface area contributed by atoms with Crippen LogP contribution in [0.5, 0.6) is 0 Å². The van der Waals surface area contributed by atoms with E-state index in [1.54, 1.807) is 12.1 Å². The molecule has 4 rings (SSSR count). The topological polar surface area (TPSA) is 101 Å². The van der Waals surface area contributed by atoms with Crippen LogP contribution in [0.25, 0.3) is 11.3 Å². The van der Waals surface area contributed by atoms with Gasteiger partial charge in [-0.2, -0.15) is 5.26 Å². The van der Waals surface area contributed by atoms with Gasteiger partial charge in [-0.15, -0.1) is 11.8 Å². The molecule has 2 aromatic carbocycles. The van der Waals surface area contributed by atoms with Gasteiger partial charge in [0.1, 0.15) is 5.69 Å². The van der Waals surface area contributed by atoms with Gasteiger partial charge in [-0.1, -0.05) is 41.6 Å². The molecule has 0 fully saturated rings. The van der Waals surface area contributed by atoms with E-state index in [1.165, 1.54) is 36.0 Å². The Labute approximate surface area is 159 Å². The maximum absolute atomic E-state index is 12.9. The van der Waals surface area contributed by atoms with Crippen molar-refractivity contribution in [1.29, 1.82) is 5.26 Å². The molecule has 1 atom stereocenters. The third-order valence-corrected chi connectivity index (χ3v) is 7.23. The lowest BCUT2D eigenvalue weighted by molar-refractivity contribution is 0.0964. The Bertz CT molecular complexity index is 1180. The fraction of sp³-hybridized carbons (Fsp3) is 0.105. The average Bonchev–Trinajstić information content (AvgIpc) is 3.13. The van der Waals surface area contributed by atoms with Crippen LogP contribution >= 0.6 is 11.8 Å². The second kappa shape index (κ2) is 6.68. The fourth-order valence-electron chi connectivity index (χ4n) is 2.92. The van der Waals surface area contributed by atoms with E-state index in [-0.39, 0.29) is 10.7 Å². The van der Waals surface area contributed by atoms with Gasteiger partial charge >= 0.3 is 0 Å². The molecule has 0 spiro atoms. The second-order valence-electron chi connectivity index (χ2n) is 5.86. The van der Waals surface area contributed by atoms with Gasteiger partial charge in [0, 0.05) is 21.8 Å². The standard InChI is InChI=1S/C19H12N2O4S2/c20-10-16(27(23,24)12-6-2-1-3-7-12)18(22)19-14-11-26-15-9-5-4-8-13(15)17(14)21-25-19/h1-9,16H,11H2. The van der Waals surface area contributed by atoms with E-state index in [4.69, 9.17) is 4.52 Å². The van der Waals surface area contributed by atoms with Crippen LogP contribution in [-0.4, -0.2) is 24.6 Å². The highest BCUT2D eigenvalue weighted by molar-refractivity contribution is 7.98. The highest BCUT2D eigenvalue weighted by Crippen LogP contribution is 2.42. The number of fused-ring (bicyclic) bond motifs is 3. The second-order valence-corrected chi connectivity index (χ2v) is 8.91. The zero-order chi connectivity index (χ0) is 19.0. The number of nitriles is 1. The number of thioether (sulfide) groups is 1. The lowest BCUT2D eigenvalue weighted by Gasteiger charge is -2.14. The van der Waals surface area contributed by atoms with Crippen LogP contribution in [0, 0.1) is 11.3 Å². The van der Waals surface area contributed by atoms with Crippen molar-refractivity contribution in [2.24, 2.45) is 0 Å². The van der Waals surface area contributed by atoms with Crippen LogP contribution in [0.4, 0.5) is 0 Å². The molecule has 0 radical (unpaired) electrons. The van der Waals surface area contributed by atoms with E-state index >= 15 is 0 Å². The van der Waals surface area contributed by atoms with Crippen LogP contribution in [0.2, 0.25) is 0 Å². The van der Waals surface area contributed by atoms with Crippen LogP contribution in [0.1, 0.15) is 16.1 Å². The predicted molar refractivity (Wildman–Crippen MR) is 98.9 cm³/mol. The molecule has 0 N–H and O–H groups in total. The SMILES string of the molecule is N#CC(C(=O)c1onc2c1CSc1ccccc1-2)S(=O)(=O)c1ccccc1. The molecule has 2 heterocycles. The van der Waals surface area contributed by atoms with Crippen LogP contribution in [0.15, 0.2) is 68.9 Å². The van der Waals surface area contributed by atoms with E-state index in [1.807, 2.05) is 24.3 Å². The molecule has 134 valence electrons. The van der Waals surface area contributed by atoms with Gasteiger partial charge in [0.05, 0.1) is 11.0 Å². The van der Waals surface area contributed by atoms with Gasteiger partial charge in [0.25, 0.3) is 0 Å².